The number of rotatable bonds is 5. The van der Waals surface area contributed by atoms with Crippen LogP contribution in [0.1, 0.15) is 36.6 Å². The van der Waals surface area contributed by atoms with Crippen molar-refractivity contribution in [2.75, 3.05) is 17.3 Å². The van der Waals surface area contributed by atoms with E-state index in [0.29, 0.717) is 29.0 Å². The summed E-state index contributed by atoms with van der Waals surface area (Å²) in [6, 6.07) is 18.4. The fourth-order valence-corrected chi connectivity index (χ4v) is 3.61. The Morgan fingerprint density at radius 1 is 0.967 bits per heavy atom. The average molecular weight is 421 g/mol. The minimum atomic E-state index is -0.427. The second-order valence-electron chi connectivity index (χ2n) is 6.75. The highest BCUT2D eigenvalue weighted by Gasteiger charge is 2.37. The van der Waals surface area contributed by atoms with Crippen LogP contribution in [0.25, 0.3) is 0 Å². The lowest BCUT2D eigenvalue weighted by Gasteiger charge is -2.16. The Hall–Kier alpha value is -3.48. The lowest BCUT2D eigenvalue weighted by molar-refractivity contribution is 0.0924. The first-order valence-electron chi connectivity index (χ1n) is 9.16. The highest BCUT2D eigenvalue weighted by Crippen LogP contribution is 2.34. The van der Waals surface area contributed by atoms with Gasteiger partial charge in [-0.25, -0.2) is 4.90 Å². The summed E-state index contributed by atoms with van der Waals surface area (Å²) < 4.78 is 5.09. The number of imide groups is 1. The van der Waals surface area contributed by atoms with Crippen LogP contribution in [0.4, 0.5) is 11.4 Å². The van der Waals surface area contributed by atoms with E-state index >= 15 is 0 Å². The van der Waals surface area contributed by atoms with E-state index in [-0.39, 0.29) is 16.6 Å². The Labute approximate surface area is 178 Å². The second kappa shape index (κ2) is 8.10. The fourth-order valence-electron chi connectivity index (χ4n) is 3.35. The summed E-state index contributed by atoms with van der Waals surface area (Å²) >= 11 is 6.36. The molecule has 1 aliphatic rings. The quantitative estimate of drug-likeness (QED) is 0.615. The van der Waals surface area contributed by atoms with Gasteiger partial charge in [0.05, 0.1) is 28.4 Å². The van der Waals surface area contributed by atoms with Crippen LogP contribution in [0.5, 0.6) is 0 Å². The third-order valence-corrected chi connectivity index (χ3v) is 5.04. The third-order valence-electron chi connectivity index (χ3n) is 4.74. The number of amides is 3. The molecular formula is C23H17ClN2O4. The van der Waals surface area contributed by atoms with E-state index in [4.69, 9.17) is 16.3 Å². The Kier molecular flexibility index (Phi) is 5.35. The Morgan fingerprint density at radius 2 is 1.67 bits per heavy atom. The molecule has 1 aliphatic heterocycles. The minimum Gasteiger partial charge on any atom is -0.380 e. The first-order valence-corrected chi connectivity index (χ1v) is 9.54. The lowest BCUT2D eigenvalue weighted by Crippen LogP contribution is -2.29. The maximum atomic E-state index is 12.7. The molecule has 0 atom stereocenters. The highest BCUT2D eigenvalue weighted by atomic mass is 35.5. The van der Waals surface area contributed by atoms with Gasteiger partial charge in [-0.05, 0) is 48.0 Å². The molecule has 0 spiro atoms. The molecule has 0 radical (unpaired) electrons. The molecule has 0 saturated heterocycles. The predicted octanol–water partition coefficient (Wildman–Crippen LogP) is 4.54. The van der Waals surface area contributed by atoms with Crippen LogP contribution < -0.4 is 10.2 Å². The molecule has 3 aromatic carbocycles. The summed E-state index contributed by atoms with van der Waals surface area (Å²) in [7, 11) is 1.59. The maximum absolute atomic E-state index is 12.7. The normalized spacial score (nSPS) is 12.8. The number of ether oxygens (including phenoxy) is 1. The number of carbonyl (C=O) groups is 3. The Morgan fingerprint density at radius 3 is 2.30 bits per heavy atom. The molecular weight excluding hydrogens is 404 g/mol. The number of benzene rings is 3. The van der Waals surface area contributed by atoms with Gasteiger partial charge in [0.25, 0.3) is 17.7 Å². The second-order valence-corrected chi connectivity index (χ2v) is 7.15. The van der Waals surface area contributed by atoms with Crippen molar-refractivity contribution in [2.45, 2.75) is 6.61 Å². The molecule has 0 bridgehead atoms. The van der Waals surface area contributed by atoms with Crippen molar-refractivity contribution < 1.29 is 19.1 Å². The van der Waals surface area contributed by atoms with E-state index in [1.54, 1.807) is 61.7 Å². The number of methoxy groups -OCH3 is 1. The van der Waals surface area contributed by atoms with E-state index < -0.39 is 11.8 Å². The van der Waals surface area contributed by atoms with Crippen LogP contribution in [0.15, 0.2) is 66.7 Å². The molecule has 0 aromatic heterocycles. The summed E-state index contributed by atoms with van der Waals surface area (Å²) in [4.78, 5) is 38.9. The minimum absolute atomic E-state index is 0.176. The van der Waals surface area contributed by atoms with Crippen LogP contribution in [-0.4, -0.2) is 24.8 Å². The van der Waals surface area contributed by atoms with E-state index in [1.165, 1.54) is 6.07 Å². The predicted molar refractivity (Wildman–Crippen MR) is 114 cm³/mol. The number of fused-ring (bicyclic) bond motifs is 1. The molecule has 1 heterocycles. The number of hydrogen-bond acceptors (Lipinski definition) is 4. The van der Waals surface area contributed by atoms with E-state index in [2.05, 4.69) is 5.32 Å². The van der Waals surface area contributed by atoms with Gasteiger partial charge in [0, 0.05) is 18.4 Å². The van der Waals surface area contributed by atoms with Gasteiger partial charge in [-0.2, -0.15) is 0 Å². The molecule has 4 rings (SSSR count). The van der Waals surface area contributed by atoms with Crippen LogP contribution in [0.2, 0.25) is 5.02 Å². The van der Waals surface area contributed by atoms with Crippen molar-refractivity contribution in [1.29, 1.82) is 0 Å². The van der Waals surface area contributed by atoms with Crippen LogP contribution in [0.3, 0.4) is 0 Å². The molecule has 150 valence electrons. The largest absolute Gasteiger partial charge is 0.380 e. The first kappa shape index (κ1) is 19.8. The summed E-state index contributed by atoms with van der Waals surface area (Å²) in [6.45, 7) is 0.405. The smallest absolute Gasteiger partial charge is 0.266 e. The summed E-state index contributed by atoms with van der Waals surface area (Å²) in [6.07, 6.45) is 0. The van der Waals surface area contributed by atoms with Crippen LogP contribution in [0, 0.1) is 0 Å². The van der Waals surface area contributed by atoms with Crippen molar-refractivity contribution >= 4 is 40.7 Å². The molecule has 1 N–H and O–H groups in total. The molecule has 3 amide bonds. The maximum Gasteiger partial charge on any atom is 0.266 e. The van der Waals surface area contributed by atoms with E-state index in [9.17, 15) is 14.4 Å². The van der Waals surface area contributed by atoms with Gasteiger partial charge in [0.15, 0.2) is 0 Å². The van der Waals surface area contributed by atoms with E-state index in [0.717, 1.165) is 10.5 Å². The van der Waals surface area contributed by atoms with Crippen LogP contribution in [-0.2, 0) is 11.3 Å². The molecule has 30 heavy (non-hydrogen) atoms. The zero-order chi connectivity index (χ0) is 21.3. The van der Waals surface area contributed by atoms with E-state index in [1.807, 2.05) is 6.07 Å². The van der Waals surface area contributed by atoms with Gasteiger partial charge in [0.1, 0.15) is 0 Å². The van der Waals surface area contributed by atoms with Crippen molar-refractivity contribution in [1.82, 2.24) is 0 Å². The third kappa shape index (κ3) is 3.58. The Balaban J connectivity index is 1.56. The topological polar surface area (TPSA) is 75.7 Å². The zero-order valence-electron chi connectivity index (χ0n) is 16.0. The highest BCUT2D eigenvalue weighted by molar-refractivity contribution is 6.40. The average Bonchev–Trinajstić information content (AvgIpc) is 2.99. The first-order chi connectivity index (χ1) is 14.5. The number of halogens is 1. The van der Waals surface area contributed by atoms with Gasteiger partial charge >= 0.3 is 0 Å². The lowest BCUT2D eigenvalue weighted by atomic mass is 10.1. The summed E-state index contributed by atoms with van der Waals surface area (Å²) in [5, 5.41) is 2.95. The summed E-state index contributed by atoms with van der Waals surface area (Å²) in [5.41, 5.74) is 2.75. The van der Waals surface area contributed by atoms with Crippen molar-refractivity contribution in [3.05, 3.63) is 94.0 Å². The van der Waals surface area contributed by atoms with Crippen molar-refractivity contribution in [2.24, 2.45) is 0 Å². The standard InChI is InChI=1S/C23H17ClN2O4/c1-30-13-14-5-4-6-15(11-14)21(27)25-16-9-10-20(19(24)12-16)26-22(28)17-7-2-3-8-18(17)23(26)29/h2-12H,13H2,1H3,(H,25,27). The molecule has 0 fully saturated rings. The zero-order valence-corrected chi connectivity index (χ0v) is 16.8. The molecule has 0 saturated carbocycles. The van der Waals surface area contributed by atoms with Crippen molar-refractivity contribution in [3.8, 4) is 0 Å². The van der Waals surface area contributed by atoms with Crippen LogP contribution >= 0.6 is 11.6 Å². The van der Waals surface area contributed by atoms with Gasteiger partial charge in [0.2, 0.25) is 0 Å². The molecule has 3 aromatic rings. The SMILES string of the molecule is COCc1cccc(C(=O)Nc2ccc(N3C(=O)c4ccccc4C3=O)c(Cl)c2)c1. The van der Waals surface area contributed by atoms with Crippen molar-refractivity contribution in [3.63, 3.8) is 0 Å². The molecule has 7 heteroatoms. The number of anilines is 2. The van der Waals surface area contributed by atoms with Gasteiger partial charge in [-0.15, -0.1) is 0 Å². The fraction of sp³-hybridized carbons (Fsp3) is 0.0870. The number of nitrogens with one attached hydrogen (secondary N) is 1. The number of hydrogen-bond donors (Lipinski definition) is 1. The molecule has 6 nitrogen and oxygen atoms in total. The van der Waals surface area contributed by atoms with Gasteiger partial charge in [-0.3, -0.25) is 14.4 Å². The molecule has 0 unspecified atom stereocenters. The number of carbonyl (C=O) groups excluding carboxylic acids is 3. The Bertz CT molecular complexity index is 1140. The van der Waals surface area contributed by atoms with Gasteiger partial charge < -0.3 is 10.1 Å². The number of nitrogens with zero attached hydrogens (tertiary/aromatic N) is 1. The van der Waals surface area contributed by atoms with Gasteiger partial charge in [-0.1, -0.05) is 35.9 Å². The molecule has 0 aliphatic carbocycles. The summed E-state index contributed by atoms with van der Waals surface area (Å²) in [5.74, 6) is -1.16. The monoisotopic (exact) mass is 420 g/mol.